The van der Waals surface area contributed by atoms with Crippen molar-refractivity contribution < 1.29 is 22.7 Å². The van der Waals surface area contributed by atoms with E-state index in [0.29, 0.717) is 43.5 Å². The molecule has 8 nitrogen and oxygen atoms in total. The van der Waals surface area contributed by atoms with Crippen LogP contribution in [0.2, 0.25) is 0 Å². The molecule has 0 spiro atoms. The van der Waals surface area contributed by atoms with Crippen molar-refractivity contribution in [1.29, 1.82) is 0 Å². The van der Waals surface area contributed by atoms with Gasteiger partial charge < -0.3 is 15.4 Å². The van der Waals surface area contributed by atoms with Gasteiger partial charge in [-0.15, -0.1) is 0 Å². The predicted molar refractivity (Wildman–Crippen MR) is 166 cm³/mol. The van der Waals surface area contributed by atoms with Gasteiger partial charge in [-0.2, -0.15) is 0 Å². The molecule has 0 aromatic heterocycles. The van der Waals surface area contributed by atoms with E-state index < -0.39 is 10.0 Å². The number of hydrogen-bond donors (Lipinski definition) is 3. The Labute approximate surface area is 252 Å². The Bertz CT molecular complexity index is 1660. The van der Waals surface area contributed by atoms with Crippen LogP contribution < -0.4 is 20.5 Å². The number of benzene rings is 4. The van der Waals surface area contributed by atoms with Gasteiger partial charge >= 0.3 is 0 Å². The van der Waals surface area contributed by atoms with E-state index in [9.17, 15) is 18.0 Å². The Morgan fingerprint density at radius 3 is 1.98 bits per heavy atom. The molecule has 0 heterocycles. The molecule has 0 aliphatic heterocycles. The third kappa shape index (κ3) is 7.88. The maximum absolute atomic E-state index is 13.1. The van der Waals surface area contributed by atoms with Gasteiger partial charge in [0, 0.05) is 30.5 Å². The fraction of sp³-hybridized carbons (Fsp3) is 0.235. The summed E-state index contributed by atoms with van der Waals surface area (Å²) < 4.78 is 29.7. The van der Waals surface area contributed by atoms with Crippen molar-refractivity contribution in [1.82, 2.24) is 10.6 Å². The third-order valence-corrected chi connectivity index (χ3v) is 8.70. The van der Waals surface area contributed by atoms with Crippen LogP contribution in [-0.2, 0) is 32.6 Å². The third-order valence-electron chi connectivity index (χ3n) is 7.73. The summed E-state index contributed by atoms with van der Waals surface area (Å²) >= 11 is 0. The van der Waals surface area contributed by atoms with Crippen LogP contribution in [0.3, 0.4) is 0 Å². The lowest BCUT2D eigenvalue weighted by molar-refractivity contribution is -0.133. The van der Waals surface area contributed by atoms with Crippen molar-refractivity contribution in [2.45, 2.75) is 37.1 Å². The number of ether oxygens (including phenoxy) is 1. The minimum Gasteiger partial charge on any atom is -0.457 e. The summed E-state index contributed by atoms with van der Waals surface area (Å²) in [5, 5.41) is 11.4. The highest BCUT2D eigenvalue weighted by atomic mass is 32.2. The molecule has 1 unspecified atom stereocenters. The Hall–Kier alpha value is -4.47. The van der Waals surface area contributed by atoms with Crippen LogP contribution in [0.1, 0.15) is 30.4 Å². The molecule has 4 N–H and O–H groups in total. The van der Waals surface area contributed by atoms with E-state index in [1.54, 1.807) is 30.3 Å². The molecular formula is C34H35N3O5S. The van der Waals surface area contributed by atoms with Gasteiger partial charge in [0.05, 0.1) is 4.90 Å². The van der Waals surface area contributed by atoms with Crippen molar-refractivity contribution in [2.24, 2.45) is 17.0 Å². The van der Waals surface area contributed by atoms with E-state index in [2.05, 4.69) is 10.6 Å². The molecule has 4 aromatic rings. The first-order chi connectivity index (χ1) is 20.8. The molecule has 1 saturated carbocycles. The van der Waals surface area contributed by atoms with Gasteiger partial charge in [0.1, 0.15) is 11.5 Å². The summed E-state index contributed by atoms with van der Waals surface area (Å²) in [6.07, 6.45) is 2.87. The second-order valence-corrected chi connectivity index (χ2v) is 12.2. The number of carbonyl (C=O) groups excluding carboxylic acids is 2. The zero-order valence-electron chi connectivity index (χ0n) is 23.7. The lowest BCUT2D eigenvalue weighted by Gasteiger charge is -2.19. The highest BCUT2D eigenvalue weighted by molar-refractivity contribution is 7.89. The van der Waals surface area contributed by atoms with Crippen LogP contribution in [0, 0.1) is 11.8 Å². The number of para-hydroxylation sites is 1. The fourth-order valence-electron chi connectivity index (χ4n) is 5.47. The number of hydrogen-bond acceptors (Lipinski definition) is 5. The van der Waals surface area contributed by atoms with E-state index in [0.717, 1.165) is 29.0 Å². The number of amides is 2. The SMILES string of the molecule is NS(=O)(=O)c1ccccc1-c1ccc(CNC(=O)C2CCC[C@H]2C(=O)NCCc2ccc(Oc3ccccc3)cc2)cc1. The number of carbonyl (C=O) groups is 2. The number of sulfonamides is 1. The van der Waals surface area contributed by atoms with Gasteiger partial charge in [-0.25, -0.2) is 13.6 Å². The maximum Gasteiger partial charge on any atom is 0.238 e. The molecule has 222 valence electrons. The molecule has 43 heavy (non-hydrogen) atoms. The summed E-state index contributed by atoms with van der Waals surface area (Å²) in [5.41, 5.74) is 3.18. The van der Waals surface area contributed by atoms with E-state index in [4.69, 9.17) is 9.88 Å². The van der Waals surface area contributed by atoms with Gasteiger partial charge in [-0.3, -0.25) is 9.59 Å². The summed E-state index contributed by atoms with van der Waals surface area (Å²) in [6.45, 7) is 0.800. The summed E-state index contributed by atoms with van der Waals surface area (Å²) in [7, 11) is -3.86. The Morgan fingerprint density at radius 1 is 0.721 bits per heavy atom. The zero-order chi connectivity index (χ0) is 30.2. The average molecular weight is 598 g/mol. The number of nitrogens with one attached hydrogen (secondary N) is 2. The summed E-state index contributed by atoms with van der Waals surface area (Å²) in [4.78, 5) is 26.1. The van der Waals surface area contributed by atoms with Crippen molar-refractivity contribution >= 4 is 21.8 Å². The van der Waals surface area contributed by atoms with Crippen molar-refractivity contribution in [3.63, 3.8) is 0 Å². The van der Waals surface area contributed by atoms with Gasteiger partial charge in [0.15, 0.2) is 0 Å². The number of nitrogens with two attached hydrogens (primary N) is 1. The molecule has 0 saturated heterocycles. The van der Waals surface area contributed by atoms with E-state index in [-0.39, 0.29) is 28.5 Å². The molecule has 2 amide bonds. The van der Waals surface area contributed by atoms with Crippen LogP contribution in [0.15, 0.2) is 108 Å². The minimum atomic E-state index is -3.86. The second-order valence-electron chi connectivity index (χ2n) is 10.7. The first-order valence-corrected chi connectivity index (χ1v) is 15.9. The predicted octanol–water partition coefficient (Wildman–Crippen LogP) is 5.18. The van der Waals surface area contributed by atoms with Crippen LogP contribution in [0.4, 0.5) is 0 Å². The zero-order valence-corrected chi connectivity index (χ0v) is 24.6. The van der Waals surface area contributed by atoms with Crippen molar-refractivity contribution in [2.75, 3.05) is 6.54 Å². The molecule has 9 heteroatoms. The van der Waals surface area contributed by atoms with Gasteiger partial charge in [0.25, 0.3) is 0 Å². The Morgan fingerprint density at radius 2 is 1.30 bits per heavy atom. The van der Waals surface area contributed by atoms with Gasteiger partial charge in [-0.1, -0.05) is 79.2 Å². The van der Waals surface area contributed by atoms with Crippen LogP contribution >= 0.6 is 0 Å². The highest BCUT2D eigenvalue weighted by Gasteiger charge is 2.37. The van der Waals surface area contributed by atoms with Crippen LogP contribution in [-0.4, -0.2) is 26.8 Å². The number of primary sulfonamides is 1. The molecule has 1 fully saturated rings. The average Bonchev–Trinajstić information content (AvgIpc) is 3.52. The standard InChI is InChI=1S/C34H35N3O5S/c35-43(40,41)32-12-5-4-9-29(32)26-17-13-25(14-18-26)23-37-34(39)31-11-6-10-30(31)33(38)36-22-21-24-15-19-28(20-16-24)42-27-7-2-1-3-8-27/h1-5,7-9,12-20,30-31H,6,10-11,21-23H2,(H,36,38)(H,37,39)(H2,35,40,41)/t30-,31?/m1/s1. The quantitative estimate of drug-likeness (QED) is 0.219. The molecule has 1 aliphatic carbocycles. The molecule has 5 rings (SSSR count). The maximum atomic E-state index is 13.1. The first kappa shape index (κ1) is 30.0. The van der Waals surface area contributed by atoms with Gasteiger partial charge in [-0.05, 0) is 66.3 Å². The first-order valence-electron chi connectivity index (χ1n) is 14.4. The molecule has 0 radical (unpaired) electrons. The van der Waals surface area contributed by atoms with Crippen molar-refractivity contribution in [3.05, 3.63) is 114 Å². The number of rotatable bonds is 11. The second kappa shape index (κ2) is 13.7. The molecule has 0 bridgehead atoms. The highest BCUT2D eigenvalue weighted by Crippen LogP contribution is 2.32. The van der Waals surface area contributed by atoms with E-state index in [1.165, 1.54) is 6.07 Å². The van der Waals surface area contributed by atoms with Gasteiger partial charge in [0.2, 0.25) is 21.8 Å². The van der Waals surface area contributed by atoms with Crippen LogP contribution in [0.25, 0.3) is 11.1 Å². The Kier molecular flexibility index (Phi) is 9.54. The topological polar surface area (TPSA) is 128 Å². The molecule has 2 atom stereocenters. The molecule has 4 aromatic carbocycles. The monoisotopic (exact) mass is 597 g/mol. The van der Waals surface area contributed by atoms with E-state index >= 15 is 0 Å². The lowest BCUT2D eigenvalue weighted by atomic mass is 9.94. The summed E-state index contributed by atoms with van der Waals surface area (Å²) in [6, 6.07) is 31.3. The summed E-state index contributed by atoms with van der Waals surface area (Å²) in [5.74, 6) is 0.602. The fourth-order valence-corrected chi connectivity index (χ4v) is 6.23. The van der Waals surface area contributed by atoms with Crippen molar-refractivity contribution in [3.8, 4) is 22.6 Å². The molecule has 1 aliphatic rings. The normalized spacial score (nSPS) is 16.4. The Balaban J connectivity index is 1.09. The van der Waals surface area contributed by atoms with Crippen LogP contribution in [0.5, 0.6) is 11.5 Å². The molecular weight excluding hydrogens is 562 g/mol. The minimum absolute atomic E-state index is 0.0629. The smallest absolute Gasteiger partial charge is 0.238 e. The van der Waals surface area contributed by atoms with E-state index in [1.807, 2.05) is 66.7 Å². The lowest BCUT2D eigenvalue weighted by Crippen LogP contribution is -2.40. The largest absolute Gasteiger partial charge is 0.457 e.